The maximum atomic E-state index is 12.0. The third-order valence-electron chi connectivity index (χ3n) is 3.49. The first kappa shape index (κ1) is 17.0. The minimum atomic E-state index is -0.177. The van der Waals surface area contributed by atoms with Crippen LogP contribution in [0.15, 0.2) is 70.8 Å². The van der Waals surface area contributed by atoms with Crippen molar-refractivity contribution >= 4 is 34.8 Å². The molecule has 0 atom stereocenters. The number of ether oxygens (including phenoxy) is 1. The standard InChI is InChI=1S/C19H17N3O2S/c1-24-16-9-3-2-6-15(16)12-21-22-18(23)13-25-17-10-4-7-14-8-5-11-20-19(14)17/h2-12H,13H2,1H3,(H,22,23). The van der Waals surface area contributed by atoms with E-state index in [2.05, 4.69) is 15.5 Å². The molecule has 0 fully saturated rings. The van der Waals surface area contributed by atoms with Crippen LogP contribution in [0, 0.1) is 0 Å². The highest BCUT2D eigenvalue weighted by atomic mass is 32.2. The van der Waals surface area contributed by atoms with Crippen LogP contribution >= 0.6 is 11.8 Å². The van der Waals surface area contributed by atoms with Gasteiger partial charge in [-0.1, -0.05) is 30.3 Å². The Hall–Kier alpha value is -2.86. The summed E-state index contributed by atoms with van der Waals surface area (Å²) in [4.78, 5) is 17.4. The van der Waals surface area contributed by atoms with Crippen molar-refractivity contribution in [2.24, 2.45) is 5.10 Å². The van der Waals surface area contributed by atoms with Crippen LogP contribution in [0.2, 0.25) is 0 Å². The van der Waals surface area contributed by atoms with Crippen LogP contribution in [0.4, 0.5) is 0 Å². The van der Waals surface area contributed by atoms with Gasteiger partial charge in [-0.2, -0.15) is 5.10 Å². The number of thioether (sulfide) groups is 1. The molecule has 1 heterocycles. The first-order valence-corrected chi connectivity index (χ1v) is 8.68. The lowest BCUT2D eigenvalue weighted by atomic mass is 10.2. The van der Waals surface area contributed by atoms with Gasteiger partial charge in [0.1, 0.15) is 5.75 Å². The molecule has 0 radical (unpaired) electrons. The number of nitrogens with zero attached hydrogens (tertiary/aromatic N) is 2. The van der Waals surface area contributed by atoms with E-state index in [0.29, 0.717) is 5.75 Å². The van der Waals surface area contributed by atoms with Crippen molar-refractivity contribution in [3.05, 3.63) is 66.4 Å². The van der Waals surface area contributed by atoms with Crippen LogP contribution < -0.4 is 10.2 Å². The van der Waals surface area contributed by atoms with Crippen LogP contribution in [0.3, 0.4) is 0 Å². The zero-order valence-corrected chi connectivity index (χ0v) is 14.5. The number of rotatable bonds is 6. The fourth-order valence-corrected chi connectivity index (χ4v) is 3.15. The second kappa shape index (κ2) is 8.30. The van der Waals surface area contributed by atoms with Gasteiger partial charge < -0.3 is 4.74 Å². The first-order valence-electron chi connectivity index (χ1n) is 7.69. The van der Waals surface area contributed by atoms with E-state index in [9.17, 15) is 4.79 Å². The molecular formula is C19H17N3O2S. The lowest BCUT2D eigenvalue weighted by Crippen LogP contribution is -2.19. The number of hydrogen-bond donors (Lipinski definition) is 1. The number of nitrogens with one attached hydrogen (secondary N) is 1. The SMILES string of the molecule is COc1ccccc1C=NNC(=O)CSc1cccc2cccnc12. The molecule has 2 aromatic carbocycles. The molecule has 1 amide bonds. The van der Waals surface area contributed by atoms with Gasteiger partial charge in [-0.15, -0.1) is 11.8 Å². The first-order chi connectivity index (χ1) is 12.3. The maximum absolute atomic E-state index is 12.0. The molecule has 6 heteroatoms. The third-order valence-corrected chi connectivity index (χ3v) is 4.53. The molecule has 25 heavy (non-hydrogen) atoms. The molecule has 0 aliphatic heterocycles. The average Bonchev–Trinajstić information content (AvgIpc) is 2.66. The van der Waals surface area contributed by atoms with Crippen LogP contribution in [0.25, 0.3) is 10.9 Å². The number of hydrazone groups is 1. The second-order valence-electron chi connectivity index (χ2n) is 5.16. The Morgan fingerprint density at radius 2 is 2.04 bits per heavy atom. The molecule has 126 valence electrons. The number of hydrogen-bond acceptors (Lipinski definition) is 5. The molecule has 0 spiro atoms. The molecule has 0 bridgehead atoms. The quantitative estimate of drug-likeness (QED) is 0.419. The Labute approximate surface area is 150 Å². The number of carbonyl (C=O) groups excluding carboxylic acids is 1. The highest BCUT2D eigenvalue weighted by Gasteiger charge is 2.06. The van der Waals surface area contributed by atoms with Gasteiger partial charge in [-0.05, 0) is 24.3 Å². The highest BCUT2D eigenvalue weighted by molar-refractivity contribution is 8.00. The molecule has 1 N–H and O–H groups in total. The van der Waals surface area contributed by atoms with Crippen molar-refractivity contribution in [3.8, 4) is 5.75 Å². The molecular weight excluding hydrogens is 334 g/mol. The molecule has 0 saturated heterocycles. The topological polar surface area (TPSA) is 63.6 Å². The molecule has 0 aliphatic carbocycles. The number of aromatic nitrogens is 1. The number of fused-ring (bicyclic) bond motifs is 1. The Kier molecular flexibility index (Phi) is 5.64. The summed E-state index contributed by atoms with van der Waals surface area (Å²) in [6, 6.07) is 17.3. The smallest absolute Gasteiger partial charge is 0.250 e. The van der Waals surface area contributed by atoms with Gasteiger partial charge in [0, 0.05) is 22.0 Å². The fraction of sp³-hybridized carbons (Fsp3) is 0.105. The number of methoxy groups -OCH3 is 1. The van der Waals surface area contributed by atoms with E-state index in [4.69, 9.17) is 4.74 Å². The normalized spacial score (nSPS) is 10.9. The number of pyridine rings is 1. The van der Waals surface area contributed by atoms with E-state index in [0.717, 1.165) is 21.4 Å². The van der Waals surface area contributed by atoms with Crippen molar-refractivity contribution in [2.45, 2.75) is 4.90 Å². The summed E-state index contributed by atoms with van der Waals surface area (Å²) in [5, 5.41) is 5.05. The molecule has 0 aliphatic rings. The summed E-state index contributed by atoms with van der Waals surface area (Å²) in [6.45, 7) is 0. The zero-order chi connectivity index (χ0) is 17.5. The van der Waals surface area contributed by atoms with Gasteiger partial charge in [0.15, 0.2) is 0 Å². The summed E-state index contributed by atoms with van der Waals surface area (Å²) >= 11 is 1.44. The van der Waals surface area contributed by atoms with E-state index >= 15 is 0 Å². The lowest BCUT2D eigenvalue weighted by Gasteiger charge is -2.05. The average molecular weight is 351 g/mol. The Bertz CT molecular complexity index is 907. The molecule has 3 rings (SSSR count). The molecule has 3 aromatic rings. The monoisotopic (exact) mass is 351 g/mol. The summed E-state index contributed by atoms with van der Waals surface area (Å²) < 4.78 is 5.23. The van der Waals surface area contributed by atoms with E-state index in [-0.39, 0.29) is 11.7 Å². The van der Waals surface area contributed by atoms with Crippen molar-refractivity contribution in [1.82, 2.24) is 10.4 Å². The van der Waals surface area contributed by atoms with Gasteiger partial charge in [0.2, 0.25) is 5.91 Å². The molecule has 0 unspecified atom stereocenters. The molecule has 1 aromatic heterocycles. The Balaban J connectivity index is 1.59. The third kappa shape index (κ3) is 4.36. The predicted octanol–water partition coefficient (Wildman–Crippen LogP) is 3.49. The van der Waals surface area contributed by atoms with Gasteiger partial charge in [0.05, 0.1) is 24.6 Å². The number of para-hydroxylation sites is 2. The summed E-state index contributed by atoms with van der Waals surface area (Å²) in [5.41, 5.74) is 4.24. The minimum Gasteiger partial charge on any atom is -0.496 e. The lowest BCUT2D eigenvalue weighted by molar-refractivity contribution is -0.118. The van der Waals surface area contributed by atoms with E-state index < -0.39 is 0 Å². The van der Waals surface area contributed by atoms with Crippen molar-refractivity contribution < 1.29 is 9.53 Å². The van der Waals surface area contributed by atoms with Crippen LogP contribution in [-0.2, 0) is 4.79 Å². The van der Waals surface area contributed by atoms with Crippen LogP contribution in [0.5, 0.6) is 5.75 Å². The summed E-state index contributed by atoms with van der Waals surface area (Å²) in [5.74, 6) is 0.791. The number of amides is 1. The second-order valence-corrected chi connectivity index (χ2v) is 6.17. The minimum absolute atomic E-state index is 0.177. The Morgan fingerprint density at radius 1 is 1.20 bits per heavy atom. The van der Waals surface area contributed by atoms with Gasteiger partial charge in [-0.25, -0.2) is 5.43 Å². The summed E-state index contributed by atoms with van der Waals surface area (Å²) in [6.07, 6.45) is 3.32. The van der Waals surface area contributed by atoms with Crippen molar-refractivity contribution in [1.29, 1.82) is 0 Å². The van der Waals surface area contributed by atoms with Gasteiger partial charge in [-0.3, -0.25) is 9.78 Å². The van der Waals surface area contributed by atoms with Gasteiger partial charge >= 0.3 is 0 Å². The van der Waals surface area contributed by atoms with Crippen LogP contribution in [-0.4, -0.2) is 30.0 Å². The van der Waals surface area contributed by atoms with Crippen LogP contribution in [0.1, 0.15) is 5.56 Å². The van der Waals surface area contributed by atoms with E-state index in [1.807, 2.05) is 54.6 Å². The van der Waals surface area contributed by atoms with E-state index in [1.165, 1.54) is 11.8 Å². The van der Waals surface area contributed by atoms with Crippen molar-refractivity contribution in [3.63, 3.8) is 0 Å². The Morgan fingerprint density at radius 3 is 2.92 bits per heavy atom. The fourth-order valence-electron chi connectivity index (χ4n) is 2.32. The van der Waals surface area contributed by atoms with Crippen molar-refractivity contribution in [2.75, 3.05) is 12.9 Å². The molecule has 5 nitrogen and oxygen atoms in total. The number of carbonyl (C=O) groups is 1. The van der Waals surface area contributed by atoms with Gasteiger partial charge in [0.25, 0.3) is 0 Å². The number of benzene rings is 2. The summed E-state index contributed by atoms with van der Waals surface area (Å²) in [7, 11) is 1.60. The zero-order valence-electron chi connectivity index (χ0n) is 13.7. The predicted molar refractivity (Wildman–Crippen MR) is 101 cm³/mol. The highest BCUT2D eigenvalue weighted by Crippen LogP contribution is 2.25. The maximum Gasteiger partial charge on any atom is 0.250 e. The van der Waals surface area contributed by atoms with E-state index in [1.54, 1.807) is 19.5 Å². The molecule has 0 saturated carbocycles. The largest absolute Gasteiger partial charge is 0.496 e.